The van der Waals surface area contributed by atoms with Crippen LogP contribution in [0.25, 0.3) is 0 Å². The van der Waals surface area contributed by atoms with Crippen molar-refractivity contribution in [1.82, 2.24) is 4.90 Å². The minimum absolute atomic E-state index is 0.00145. The number of likely N-dealkylation sites (tertiary alicyclic amines) is 1. The van der Waals surface area contributed by atoms with Crippen molar-refractivity contribution in [2.45, 2.75) is 17.8 Å². The lowest BCUT2D eigenvalue weighted by Gasteiger charge is -2.16. The molecule has 0 saturated carbocycles. The molecule has 0 spiro atoms. The molecule has 0 bridgehead atoms. The van der Waals surface area contributed by atoms with Gasteiger partial charge in [0.15, 0.2) is 0 Å². The van der Waals surface area contributed by atoms with E-state index in [9.17, 15) is 18.0 Å². The van der Waals surface area contributed by atoms with Crippen molar-refractivity contribution in [2.75, 3.05) is 6.54 Å². The van der Waals surface area contributed by atoms with Crippen LogP contribution >= 0.6 is 15.9 Å². The highest BCUT2D eigenvalue weighted by atomic mass is 79.9. The van der Waals surface area contributed by atoms with Crippen molar-refractivity contribution in [3.8, 4) is 0 Å². The van der Waals surface area contributed by atoms with Gasteiger partial charge in [0.25, 0.3) is 0 Å². The molecule has 0 radical (unpaired) electrons. The molecule has 1 fully saturated rings. The van der Waals surface area contributed by atoms with Crippen molar-refractivity contribution >= 4 is 21.8 Å². The third kappa shape index (κ3) is 2.62. The number of amides is 1. The van der Waals surface area contributed by atoms with Gasteiger partial charge in [0, 0.05) is 35.5 Å². The van der Waals surface area contributed by atoms with E-state index in [0.717, 1.165) is 0 Å². The van der Waals surface area contributed by atoms with Crippen LogP contribution in [-0.2, 0) is 11.3 Å². The first kappa shape index (κ1) is 12.4. The van der Waals surface area contributed by atoms with Crippen molar-refractivity contribution in [2.24, 2.45) is 0 Å². The molecule has 0 aromatic heterocycles. The van der Waals surface area contributed by atoms with Crippen LogP contribution in [0.5, 0.6) is 0 Å². The summed E-state index contributed by atoms with van der Waals surface area (Å²) in [5.74, 6) is -3.06. The van der Waals surface area contributed by atoms with Gasteiger partial charge in [0.1, 0.15) is 17.5 Å². The molecule has 1 aromatic carbocycles. The average molecular weight is 308 g/mol. The summed E-state index contributed by atoms with van der Waals surface area (Å²) in [5, 5.41) is 0. The number of alkyl halides is 1. The van der Waals surface area contributed by atoms with E-state index in [1.54, 1.807) is 0 Å². The van der Waals surface area contributed by atoms with Gasteiger partial charge in [-0.1, -0.05) is 15.9 Å². The van der Waals surface area contributed by atoms with Crippen LogP contribution in [0.15, 0.2) is 12.1 Å². The highest BCUT2D eigenvalue weighted by molar-refractivity contribution is 9.09. The number of benzene rings is 1. The normalized spacial score (nSPS) is 20.1. The second-order valence-electron chi connectivity index (χ2n) is 3.92. The first-order chi connectivity index (χ1) is 7.97. The summed E-state index contributed by atoms with van der Waals surface area (Å²) >= 11 is 3.27. The molecule has 1 amide bonds. The standard InChI is InChI=1S/C11H9BrF3NO/c12-6-1-11(17)16(4-6)5-8-9(14)2-7(13)3-10(8)15/h2-3,6H,1,4-5H2. The van der Waals surface area contributed by atoms with Crippen LogP contribution in [0.1, 0.15) is 12.0 Å². The lowest BCUT2D eigenvalue weighted by molar-refractivity contribution is -0.128. The number of rotatable bonds is 2. The van der Waals surface area contributed by atoms with Crippen LogP contribution in [0.2, 0.25) is 0 Å². The number of halogens is 4. The smallest absolute Gasteiger partial charge is 0.224 e. The molecular formula is C11H9BrF3NO. The van der Waals surface area contributed by atoms with Crippen LogP contribution in [0.4, 0.5) is 13.2 Å². The first-order valence-electron chi connectivity index (χ1n) is 5.02. The van der Waals surface area contributed by atoms with E-state index >= 15 is 0 Å². The molecule has 6 heteroatoms. The molecule has 1 aliphatic heterocycles. The summed E-state index contributed by atoms with van der Waals surface area (Å²) in [5.41, 5.74) is -0.277. The summed E-state index contributed by atoms with van der Waals surface area (Å²) in [6.07, 6.45) is 0.310. The van der Waals surface area contributed by atoms with Crippen molar-refractivity contribution in [3.63, 3.8) is 0 Å². The van der Waals surface area contributed by atoms with E-state index in [2.05, 4.69) is 15.9 Å². The molecule has 1 heterocycles. The largest absolute Gasteiger partial charge is 0.337 e. The van der Waals surface area contributed by atoms with E-state index in [1.807, 2.05) is 0 Å². The number of nitrogens with zero attached hydrogens (tertiary/aromatic N) is 1. The van der Waals surface area contributed by atoms with Crippen LogP contribution in [0, 0.1) is 17.5 Å². The van der Waals surface area contributed by atoms with Gasteiger partial charge in [0.05, 0.1) is 6.54 Å². The van der Waals surface area contributed by atoms with Crippen LogP contribution < -0.4 is 0 Å². The van der Waals surface area contributed by atoms with Gasteiger partial charge in [0.2, 0.25) is 5.91 Å². The van der Waals surface area contributed by atoms with Gasteiger partial charge in [-0.05, 0) is 0 Å². The SMILES string of the molecule is O=C1CC(Br)CN1Cc1c(F)cc(F)cc1F. The quantitative estimate of drug-likeness (QED) is 0.769. The number of carbonyl (C=O) groups excluding carboxylic acids is 1. The number of hydrogen-bond acceptors (Lipinski definition) is 1. The maximum Gasteiger partial charge on any atom is 0.224 e. The summed E-state index contributed by atoms with van der Waals surface area (Å²) in [7, 11) is 0. The van der Waals surface area contributed by atoms with E-state index in [0.29, 0.717) is 25.1 Å². The van der Waals surface area contributed by atoms with Gasteiger partial charge in [-0.15, -0.1) is 0 Å². The van der Waals surface area contributed by atoms with E-state index < -0.39 is 17.5 Å². The molecular weight excluding hydrogens is 299 g/mol. The minimum atomic E-state index is -0.965. The van der Waals surface area contributed by atoms with E-state index in [1.165, 1.54) is 4.90 Å². The Balaban J connectivity index is 2.22. The highest BCUT2D eigenvalue weighted by Gasteiger charge is 2.29. The summed E-state index contributed by atoms with van der Waals surface area (Å²) in [4.78, 5) is 12.8. The third-order valence-corrected chi connectivity index (χ3v) is 3.24. The van der Waals surface area contributed by atoms with Crippen LogP contribution in [-0.4, -0.2) is 22.2 Å². The Labute approximate surface area is 105 Å². The van der Waals surface area contributed by atoms with E-state index in [4.69, 9.17) is 0 Å². The zero-order chi connectivity index (χ0) is 12.6. The van der Waals surface area contributed by atoms with Crippen LogP contribution in [0.3, 0.4) is 0 Å². The second-order valence-corrected chi connectivity index (χ2v) is 5.22. The molecule has 1 aliphatic rings. The number of hydrogen-bond donors (Lipinski definition) is 0. The Morgan fingerprint density at radius 2 is 1.88 bits per heavy atom. The Hall–Kier alpha value is -1.04. The molecule has 1 saturated heterocycles. The Kier molecular flexibility index (Phi) is 3.42. The highest BCUT2D eigenvalue weighted by Crippen LogP contribution is 2.23. The fourth-order valence-electron chi connectivity index (χ4n) is 1.79. The third-order valence-electron chi connectivity index (χ3n) is 2.62. The van der Waals surface area contributed by atoms with Gasteiger partial charge < -0.3 is 4.90 Å². The first-order valence-corrected chi connectivity index (χ1v) is 5.94. The molecule has 2 nitrogen and oxygen atoms in total. The topological polar surface area (TPSA) is 20.3 Å². The lowest BCUT2D eigenvalue weighted by atomic mass is 10.2. The van der Waals surface area contributed by atoms with Gasteiger partial charge in [-0.3, -0.25) is 4.79 Å². The van der Waals surface area contributed by atoms with Crippen molar-refractivity contribution < 1.29 is 18.0 Å². The van der Waals surface area contributed by atoms with Crippen molar-refractivity contribution in [1.29, 1.82) is 0 Å². The number of carbonyl (C=O) groups is 1. The molecule has 0 aliphatic carbocycles. The summed E-state index contributed by atoms with van der Waals surface area (Å²) in [6, 6.07) is 1.23. The van der Waals surface area contributed by atoms with Crippen molar-refractivity contribution in [3.05, 3.63) is 35.1 Å². The van der Waals surface area contributed by atoms with E-state index in [-0.39, 0.29) is 22.8 Å². The van der Waals surface area contributed by atoms with Gasteiger partial charge in [-0.25, -0.2) is 13.2 Å². The fraction of sp³-hybridized carbons (Fsp3) is 0.364. The maximum atomic E-state index is 13.4. The Bertz CT molecular complexity index is 443. The predicted octanol–water partition coefficient (Wildman–Crippen LogP) is 2.60. The predicted molar refractivity (Wildman–Crippen MR) is 59.1 cm³/mol. The fourth-order valence-corrected chi connectivity index (χ4v) is 2.42. The minimum Gasteiger partial charge on any atom is -0.337 e. The summed E-state index contributed by atoms with van der Waals surface area (Å²) < 4.78 is 39.4. The van der Waals surface area contributed by atoms with Gasteiger partial charge >= 0.3 is 0 Å². The Morgan fingerprint density at radius 3 is 2.35 bits per heavy atom. The maximum absolute atomic E-state index is 13.4. The monoisotopic (exact) mass is 307 g/mol. The molecule has 0 N–H and O–H groups in total. The molecule has 1 aromatic rings. The molecule has 17 heavy (non-hydrogen) atoms. The van der Waals surface area contributed by atoms with Gasteiger partial charge in [-0.2, -0.15) is 0 Å². The molecule has 2 rings (SSSR count). The lowest BCUT2D eigenvalue weighted by Crippen LogP contribution is -2.25. The average Bonchev–Trinajstić information content (AvgIpc) is 2.51. The zero-order valence-electron chi connectivity index (χ0n) is 8.72. The summed E-state index contributed by atoms with van der Waals surface area (Å²) in [6.45, 7) is 0.230. The molecule has 92 valence electrons. The molecule has 1 atom stereocenters. The Morgan fingerprint density at radius 1 is 1.29 bits per heavy atom. The second kappa shape index (κ2) is 4.68. The zero-order valence-corrected chi connectivity index (χ0v) is 10.3. The molecule has 1 unspecified atom stereocenters.